The van der Waals surface area contributed by atoms with Crippen LogP contribution in [0.5, 0.6) is 0 Å². The van der Waals surface area contributed by atoms with Gasteiger partial charge < -0.3 is 20.9 Å². The van der Waals surface area contributed by atoms with E-state index in [9.17, 15) is 9.59 Å². The Morgan fingerprint density at radius 3 is 2.31 bits per heavy atom. The Hall–Kier alpha value is -5.31. The number of amides is 2. The number of fused-ring (bicyclic) bond motifs is 1. The van der Waals surface area contributed by atoms with Crippen molar-refractivity contribution in [1.82, 2.24) is 19.4 Å². The van der Waals surface area contributed by atoms with Crippen molar-refractivity contribution in [3.63, 3.8) is 0 Å². The average molecular weight is 644 g/mol. The Morgan fingerprint density at radius 1 is 0.938 bits per heavy atom. The molecule has 248 valence electrons. The van der Waals surface area contributed by atoms with Gasteiger partial charge in [0, 0.05) is 43.2 Å². The number of aliphatic imine (C=N–C) groups is 1. The van der Waals surface area contributed by atoms with Gasteiger partial charge in [0.1, 0.15) is 11.9 Å². The molecule has 9 heteroatoms. The van der Waals surface area contributed by atoms with Gasteiger partial charge >= 0.3 is 0 Å². The van der Waals surface area contributed by atoms with Crippen LogP contribution in [-0.2, 0) is 23.2 Å². The summed E-state index contributed by atoms with van der Waals surface area (Å²) in [7, 11) is 0. The molecular formula is C39H45N7O2. The topological polar surface area (TPSA) is 132 Å². The third-order valence-electron chi connectivity index (χ3n) is 8.48. The van der Waals surface area contributed by atoms with Gasteiger partial charge in [-0.05, 0) is 72.6 Å². The van der Waals surface area contributed by atoms with Gasteiger partial charge in [-0.3, -0.25) is 19.6 Å². The molecule has 0 aliphatic heterocycles. The second kappa shape index (κ2) is 15.1. The minimum absolute atomic E-state index is 0.0203. The smallest absolute Gasteiger partial charge is 0.254 e. The Balaban J connectivity index is 1.55. The van der Waals surface area contributed by atoms with Crippen LogP contribution in [0.25, 0.3) is 22.4 Å². The van der Waals surface area contributed by atoms with Crippen molar-refractivity contribution in [3.05, 3.63) is 120 Å². The van der Waals surface area contributed by atoms with E-state index >= 15 is 0 Å². The van der Waals surface area contributed by atoms with Gasteiger partial charge in [0.05, 0.1) is 16.9 Å². The Bertz CT molecular complexity index is 1870. The lowest BCUT2D eigenvalue weighted by Gasteiger charge is -2.23. The maximum Gasteiger partial charge on any atom is 0.254 e. The van der Waals surface area contributed by atoms with E-state index in [2.05, 4.69) is 55.0 Å². The number of amidine groups is 1. The van der Waals surface area contributed by atoms with E-state index in [-0.39, 0.29) is 11.3 Å². The quantitative estimate of drug-likeness (QED) is 0.0863. The minimum Gasteiger partial charge on any atom is -0.388 e. The first-order valence-corrected chi connectivity index (χ1v) is 16.4. The van der Waals surface area contributed by atoms with Gasteiger partial charge in [-0.1, -0.05) is 81.4 Å². The molecule has 4 N–H and O–H groups in total. The Kier molecular flexibility index (Phi) is 10.7. The van der Waals surface area contributed by atoms with Gasteiger partial charge in [-0.15, -0.1) is 0 Å². The number of nitrogens with two attached hydrogens (primary N) is 2. The van der Waals surface area contributed by atoms with Crippen LogP contribution in [0.4, 0.5) is 0 Å². The second-order valence-electron chi connectivity index (χ2n) is 13.2. The number of nitrogens with zero attached hydrogens (tertiary/aromatic N) is 5. The highest BCUT2D eigenvalue weighted by Gasteiger charge is 2.26. The van der Waals surface area contributed by atoms with E-state index in [0.717, 1.165) is 22.2 Å². The molecule has 5 aromatic rings. The lowest BCUT2D eigenvalue weighted by molar-refractivity contribution is -0.121. The number of aromatic nitrogens is 3. The zero-order chi connectivity index (χ0) is 34.3. The highest BCUT2D eigenvalue weighted by atomic mass is 16.2. The minimum atomic E-state index is -0.671. The summed E-state index contributed by atoms with van der Waals surface area (Å²) in [5, 5.41) is 0. The molecule has 1 atom stereocenters. The van der Waals surface area contributed by atoms with Crippen molar-refractivity contribution in [2.75, 3.05) is 13.1 Å². The molecule has 3 aromatic carbocycles. The van der Waals surface area contributed by atoms with Crippen LogP contribution in [0, 0.1) is 0 Å². The van der Waals surface area contributed by atoms with Crippen molar-refractivity contribution < 1.29 is 9.59 Å². The summed E-state index contributed by atoms with van der Waals surface area (Å²) in [6, 6.07) is 27.1. The standard InChI is InChI=1S/C39H45N7O2/c1-27(40)43-22-9-13-35(36(41)47)46-34-19-16-31(24-33(34)44-37(46)30-14-17-32(18-15-30)39(2,3)4)38(48)45(26-29-12-8-21-42-25-29)23-20-28-10-6-5-7-11-28/h5-8,10-12,14-19,21,24-25,35H,9,13,20,22-23,26H2,1-4H3,(H2,40,43)(H2,41,47)/t35-/m0/s1. The summed E-state index contributed by atoms with van der Waals surface area (Å²) < 4.78 is 1.92. The molecule has 0 aliphatic carbocycles. The van der Waals surface area contributed by atoms with E-state index in [0.29, 0.717) is 61.6 Å². The maximum absolute atomic E-state index is 14.2. The molecule has 0 unspecified atom stereocenters. The summed E-state index contributed by atoms with van der Waals surface area (Å²) in [6.07, 6.45) is 5.31. The number of benzene rings is 3. The monoisotopic (exact) mass is 643 g/mol. The lowest BCUT2D eigenvalue weighted by Crippen LogP contribution is -2.32. The lowest BCUT2D eigenvalue weighted by atomic mass is 9.86. The molecule has 0 fully saturated rings. The first kappa shape index (κ1) is 34.0. The molecule has 2 amide bonds. The predicted molar refractivity (Wildman–Crippen MR) is 193 cm³/mol. The van der Waals surface area contributed by atoms with Crippen LogP contribution in [0.3, 0.4) is 0 Å². The van der Waals surface area contributed by atoms with Crippen LogP contribution < -0.4 is 11.5 Å². The van der Waals surface area contributed by atoms with E-state index in [1.54, 1.807) is 19.3 Å². The first-order chi connectivity index (χ1) is 23.0. The molecule has 2 heterocycles. The molecule has 48 heavy (non-hydrogen) atoms. The summed E-state index contributed by atoms with van der Waals surface area (Å²) in [4.78, 5) is 42.6. The van der Waals surface area contributed by atoms with Crippen molar-refractivity contribution in [3.8, 4) is 11.4 Å². The predicted octanol–water partition coefficient (Wildman–Crippen LogP) is 6.46. The van der Waals surface area contributed by atoms with Crippen molar-refractivity contribution in [1.29, 1.82) is 0 Å². The van der Waals surface area contributed by atoms with Crippen LogP contribution in [0.2, 0.25) is 0 Å². The zero-order valence-corrected chi connectivity index (χ0v) is 28.3. The second-order valence-corrected chi connectivity index (χ2v) is 13.2. The number of imidazole rings is 1. The van der Waals surface area contributed by atoms with Crippen LogP contribution in [0.1, 0.15) is 73.6 Å². The van der Waals surface area contributed by atoms with Crippen LogP contribution >= 0.6 is 0 Å². The summed E-state index contributed by atoms with van der Waals surface area (Å²) in [5.41, 5.74) is 17.8. The van der Waals surface area contributed by atoms with E-state index in [1.807, 2.05) is 70.1 Å². The molecular weight excluding hydrogens is 598 g/mol. The van der Waals surface area contributed by atoms with Crippen molar-refractivity contribution in [2.45, 2.75) is 65.0 Å². The maximum atomic E-state index is 14.2. The molecule has 0 radical (unpaired) electrons. The first-order valence-electron chi connectivity index (χ1n) is 16.4. The molecule has 2 aromatic heterocycles. The van der Waals surface area contributed by atoms with E-state index in [4.69, 9.17) is 16.5 Å². The summed E-state index contributed by atoms with van der Waals surface area (Å²) in [5.74, 6) is 0.549. The zero-order valence-electron chi connectivity index (χ0n) is 28.3. The summed E-state index contributed by atoms with van der Waals surface area (Å²) >= 11 is 0. The average Bonchev–Trinajstić information content (AvgIpc) is 3.45. The van der Waals surface area contributed by atoms with Gasteiger partial charge in [-0.2, -0.15) is 0 Å². The van der Waals surface area contributed by atoms with Gasteiger partial charge in [-0.25, -0.2) is 4.98 Å². The number of rotatable bonds is 13. The molecule has 0 saturated carbocycles. The normalized spacial score (nSPS) is 12.6. The van der Waals surface area contributed by atoms with E-state index in [1.165, 1.54) is 5.56 Å². The molecule has 9 nitrogen and oxygen atoms in total. The number of hydrogen-bond donors (Lipinski definition) is 2. The fourth-order valence-corrected chi connectivity index (χ4v) is 5.86. The van der Waals surface area contributed by atoms with Gasteiger partial charge in [0.25, 0.3) is 5.91 Å². The Morgan fingerprint density at radius 2 is 1.67 bits per heavy atom. The number of carbonyl (C=O) groups excluding carboxylic acids is 2. The van der Waals surface area contributed by atoms with Crippen molar-refractivity contribution in [2.24, 2.45) is 16.5 Å². The largest absolute Gasteiger partial charge is 0.388 e. The number of primary amides is 1. The van der Waals surface area contributed by atoms with Crippen LogP contribution in [0.15, 0.2) is 102 Å². The highest BCUT2D eigenvalue weighted by molar-refractivity contribution is 5.98. The van der Waals surface area contributed by atoms with Crippen molar-refractivity contribution >= 4 is 28.7 Å². The fraction of sp³-hybridized carbons (Fsp3) is 0.308. The number of hydrogen-bond acceptors (Lipinski definition) is 5. The third-order valence-corrected chi connectivity index (χ3v) is 8.48. The number of pyridine rings is 1. The fourth-order valence-electron chi connectivity index (χ4n) is 5.86. The van der Waals surface area contributed by atoms with Crippen LogP contribution in [-0.4, -0.2) is 50.2 Å². The van der Waals surface area contributed by atoms with Gasteiger partial charge in [0.15, 0.2) is 0 Å². The third kappa shape index (κ3) is 8.34. The summed E-state index contributed by atoms with van der Waals surface area (Å²) in [6.45, 7) is 9.69. The number of carbonyl (C=O) groups is 2. The van der Waals surface area contributed by atoms with Gasteiger partial charge in [0.2, 0.25) is 5.91 Å². The molecule has 0 bridgehead atoms. The molecule has 0 saturated heterocycles. The SMILES string of the molecule is CC(N)=NCCC[C@@H](C(N)=O)n1c(-c2ccc(C(C)(C)C)cc2)nc2cc(C(=O)N(CCc3ccccc3)Cc3cccnc3)ccc21. The molecule has 5 rings (SSSR count). The molecule has 0 spiro atoms. The Labute approximate surface area is 282 Å². The molecule has 0 aliphatic rings. The highest BCUT2D eigenvalue weighted by Crippen LogP contribution is 2.33. The van der Waals surface area contributed by atoms with E-state index < -0.39 is 11.9 Å².